The molecule has 10 heteroatoms. The van der Waals surface area contributed by atoms with Crippen molar-refractivity contribution in [3.63, 3.8) is 0 Å². The van der Waals surface area contributed by atoms with Crippen molar-refractivity contribution >= 4 is 19.7 Å². The molecule has 9 nitrogen and oxygen atoms in total. The molecule has 0 radical (unpaired) electrons. The number of amides is 1. The van der Waals surface area contributed by atoms with Crippen molar-refractivity contribution in [2.24, 2.45) is 0 Å². The Morgan fingerprint density at radius 1 is 0.396 bits per heavy atom. The summed E-state index contributed by atoms with van der Waals surface area (Å²) in [6, 6.07) is -0.899. The van der Waals surface area contributed by atoms with Gasteiger partial charge >= 0.3 is 5.97 Å². The lowest BCUT2D eigenvalue weighted by molar-refractivity contribution is -0.870. The van der Waals surface area contributed by atoms with Gasteiger partial charge in [0.15, 0.2) is 0 Å². The highest BCUT2D eigenvalue weighted by Gasteiger charge is 2.27. The normalized spacial score (nSPS) is 14.0. The van der Waals surface area contributed by atoms with Crippen molar-refractivity contribution < 1.29 is 37.3 Å². The Morgan fingerprint density at radius 3 is 1.07 bits per heavy atom. The van der Waals surface area contributed by atoms with Crippen molar-refractivity contribution in [3.05, 3.63) is 97.2 Å². The molecule has 3 atom stereocenters. The summed E-state index contributed by atoms with van der Waals surface area (Å²) in [5.74, 6) is -0.541. The summed E-state index contributed by atoms with van der Waals surface area (Å²) in [5, 5.41) is 3.05. The Labute approximate surface area is 564 Å². The average Bonchev–Trinajstić information content (AvgIpc) is 3.45. The van der Waals surface area contributed by atoms with Gasteiger partial charge in [0.05, 0.1) is 33.8 Å². The fraction of sp³-hybridized carbons (Fsp3) is 0.778. The minimum absolute atomic E-state index is 0.0266. The van der Waals surface area contributed by atoms with Crippen LogP contribution in [0.3, 0.4) is 0 Å². The quantitative estimate of drug-likeness (QED) is 0.0212. The number of carbonyl (C=O) groups is 2. The molecule has 528 valence electrons. The molecule has 3 unspecified atom stereocenters. The van der Waals surface area contributed by atoms with Gasteiger partial charge < -0.3 is 28.5 Å². The zero-order chi connectivity index (χ0) is 66.3. The van der Waals surface area contributed by atoms with Crippen LogP contribution in [0, 0.1) is 0 Å². The van der Waals surface area contributed by atoms with Crippen LogP contribution in [0.4, 0.5) is 0 Å². The monoisotopic (exact) mass is 1290 g/mol. The van der Waals surface area contributed by atoms with Crippen LogP contribution in [0.5, 0.6) is 0 Å². The summed E-state index contributed by atoms with van der Waals surface area (Å²) < 4.78 is 30.5. The molecule has 0 saturated carbocycles. The molecule has 1 amide bonds. The van der Waals surface area contributed by atoms with E-state index in [9.17, 15) is 19.0 Å². The van der Waals surface area contributed by atoms with Crippen LogP contribution in [-0.2, 0) is 27.9 Å². The van der Waals surface area contributed by atoms with Gasteiger partial charge in [-0.05, 0) is 109 Å². The number of allylic oxidation sites excluding steroid dienone is 15. The number of ether oxygens (including phenoxy) is 1. The fourth-order valence-electron chi connectivity index (χ4n) is 11.1. The maximum Gasteiger partial charge on any atom is 0.306 e. The van der Waals surface area contributed by atoms with Gasteiger partial charge in [0.2, 0.25) is 5.91 Å². The molecule has 0 saturated heterocycles. The van der Waals surface area contributed by atoms with E-state index in [1.165, 1.54) is 212 Å². The second kappa shape index (κ2) is 69.8. The lowest BCUT2D eigenvalue weighted by Crippen LogP contribution is -2.47. The molecule has 0 aromatic carbocycles. The molecule has 0 aliphatic heterocycles. The van der Waals surface area contributed by atoms with Crippen molar-refractivity contribution in [1.82, 2.24) is 5.32 Å². The first kappa shape index (κ1) is 87.9. The van der Waals surface area contributed by atoms with Crippen LogP contribution in [0.1, 0.15) is 355 Å². The average molecular weight is 1290 g/mol. The third kappa shape index (κ3) is 71.1. The van der Waals surface area contributed by atoms with E-state index < -0.39 is 26.6 Å². The molecule has 0 aliphatic carbocycles. The van der Waals surface area contributed by atoms with E-state index in [4.69, 9.17) is 13.8 Å². The Morgan fingerprint density at radius 2 is 0.703 bits per heavy atom. The second-order valence-corrected chi connectivity index (χ2v) is 28.5. The first-order chi connectivity index (χ1) is 44.4. The van der Waals surface area contributed by atoms with E-state index in [0.29, 0.717) is 17.4 Å². The van der Waals surface area contributed by atoms with Gasteiger partial charge in [0, 0.05) is 12.8 Å². The number of carbonyl (C=O) groups excluding carboxylic acids is 2. The lowest BCUT2D eigenvalue weighted by Gasteiger charge is -2.30. The number of phosphoric acid groups is 1. The number of quaternary nitrogens is 1. The molecule has 1 N–H and O–H groups in total. The van der Waals surface area contributed by atoms with E-state index in [-0.39, 0.29) is 24.9 Å². The molecule has 0 spiro atoms. The van der Waals surface area contributed by atoms with Crippen LogP contribution >= 0.6 is 7.82 Å². The van der Waals surface area contributed by atoms with Crippen LogP contribution < -0.4 is 10.2 Å². The highest BCUT2D eigenvalue weighted by Crippen LogP contribution is 2.38. The third-order valence-electron chi connectivity index (χ3n) is 17.0. The predicted octanol–water partition coefficient (Wildman–Crippen LogP) is 24.4. The van der Waals surface area contributed by atoms with Crippen molar-refractivity contribution in [2.45, 2.75) is 367 Å². The molecular formula is C81H147N2O7P. The minimum Gasteiger partial charge on any atom is -0.756 e. The van der Waals surface area contributed by atoms with Crippen LogP contribution in [0.25, 0.3) is 0 Å². The maximum absolute atomic E-state index is 13.6. The largest absolute Gasteiger partial charge is 0.756 e. The smallest absolute Gasteiger partial charge is 0.306 e. The van der Waals surface area contributed by atoms with Crippen molar-refractivity contribution in [1.29, 1.82) is 0 Å². The maximum atomic E-state index is 13.6. The SMILES string of the molecule is CC/C=C\C/C=C\C/C=C\C/C=C\C/C=C\C/C=C\CCCCCCCCCCC(=O)NC(COP(=O)([O-])OCC[N+](C)(C)C)C(/C=C/CCCCCCCCCCCCC)OC(=O)CCCCCCCCCCCCCCCCC/C=C/CCCCCCCC. The molecule has 0 rings (SSSR count). The number of nitrogens with one attached hydrogen (secondary N) is 1. The van der Waals surface area contributed by atoms with Crippen molar-refractivity contribution in [3.8, 4) is 0 Å². The van der Waals surface area contributed by atoms with Crippen LogP contribution in [-0.4, -0.2) is 69.4 Å². The number of unbranched alkanes of at least 4 members (excludes halogenated alkanes) is 40. The van der Waals surface area contributed by atoms with Gasteiger partial charge in [-0.15, -0.1) is 0 Å². The van der Waals surface area contributed by atoms with Crippen LogP contribution in [0.15, 0.2) is 97.2 Å². The Balaban J connectivity index is 5.03. The number of esters is 1. The Bertz CT molecular complexity index is 1880. The van der Waals surface area contributed by atoms with E-state index in [0.717, 1.165) is 109 Å². The molecule has 0 aromatic heterocycles. The highest BCUT2D eigenvalue weighted by atomic mass is 31.2. The van der Waals surface area contributed by atoms with Crippen LogP contribution in [0.2, 0.25) is 0 Å². The van der Waals surface area contributed by atoms with E-state index in [2.05, 4.69) is 111 Å². The molecule has 0 bridgehead atoms. The highest BCUT2D eigenvalue weighted by molar-refractivity contribution is 7.45. The van der Waals surface area contributed by atoms with Gasteiger partial charge in [0.1, 0.15) is 19.3 Å². The summed E-state index contributed by atoms with van der Waals surface area (Å²) in [4.78, 5) is 40.3. The fourth-order valence-corrected chi connectivity index (χ4v) is 11.8. The van der Waals surface area contributed by atoms with E-state index in [1.807, 2.05) is 33.3 Å². The Hall–Kier alpha value is -3.07. The summed E-state index contributed by atoms with van der Waals surface area (Å²) >= 11 is 0. The van der Waals surface area contributed by atoms with Gasteiger partial charge in [-0.25, -0.2) is 0 Å². The Kier molecular flexibility index (Phi) is 67.4. The first-order valence-electron chi connectivity index (χ1n) is 38.5. The number of hydrogen-bond donors (Lipinski definition) is 1. The molecule has 0 aromatic rings. The molecule has 0 heterocycles. The van der Waals surface area contributed by atoms with E-state index in [1.54, 1.807) is 0 Å². The second-order valence-electron chi connectivity index (χ2n) is 27.1. The number of rotatable bonds is 70. The zero-order valence-electron chi connectivity index (χ0n) is 60.5. The standard InChI is InChI=1S/C81H147N2O7P/c1-7-10-13-16-19-22-25-28-30-32-34-36-38-40-41-43-44-46-48-50-52-55-58-61-64-67-70-73-80(84)82-78(77-89-91(86,87)88-76-75-83(4,5)6)79(72-69-66-63-60-57-54-27-24-21-18-15-12-9-3)90-81(85)74-71-68-65-62-59-56-53-51-49-47-45-42-39-37-35-33-31-29-26-23-20-17-14-11-8-2/h10,13,19,22,28-31,34,36,40-41,44,46,69,72,78-79H,7-9,11-12,14-18,20-21,23-27,32-33,35,37-39,42-43,45,47-68,70-71,73-77H2,1-6H3,(H-,82,84,86,87)/b13-10-,22-19-,30-28-,31-29+,36-34-,41-40-,46-44-,72-69+. The van der Waals surface area contributed by atoms with Gasteiger partial charge in [-0.2, -0.15) is 0 Å². The number of likely N-dealkylation sites (N-methyl/N-ethyl adjacent to an activating group) is 1. The summed E-state index contributed by atoms with van der Waals surface area (Å²) in [7, 11) is 1.18. The minimum atomic E-state index is -4.72. The number of nitrogens with zero attached hydrogens (tertiary/aromatic N) is 1. The van der Waals surface area contributed by atoms with E-state index >= 15 is 0 Å². The zero-order valence-corrected chi connectivity index (χ0v) is 61.4. The summed E-state index contributed by atoms with van der Waals surface area (Å²) in [6.07, 6.45) is 95.4. The number of hydrogen-bond acceptors (Lipinski definition) is 7. The topological polar surface area (TPSA) is 114 Å². The third-order valence-corrected chi connectivity index (χ3v) is 18.0. The van der Waals surface area contributed by atoms with Crippen molar-refractivity contribution in [2.75, 3.05) is 40.9 Å². The molecule has 91 heavy (non-hydrogen) atoms. The van der Waals surface area contributed by atoms with Gasteiger partial charge in [-0.1, -0.05) is 330 Å². The van der Waals surface area contributed by atoms with Gasteiger partial charge in [-0.3, -0.25) is 14.2 Å². The summed E-state index contributed by atoms with van der Waals surface area (Å²) in [6.45, 7) is 6.76. The lowest BCUT2D eigenvalue weighted by atomic mass is 10.0. The van der Waals surface area contributed by atoms with Gasteiger partial charge in [0.25, 0.3) is 7.82 Å². The summed E-state index contributed by atoms with van der Waals surface area (Å²) in [5.41, 5.74) is 0. The molecule has 0 aliphatic rings. The number of phosphoric ester groups is 1. The first-order valence-corrected chi connectivity index (χ1v) is 40.0. The molecular weight excluding hydrogens is 1140 g/mol. The molecule has 0 fully saturated rings. The predicted molar refractivity (Wildman–Crippen MR) is 394 cm³/mol.